The van der Waals surface area contributed by atoms with Gasteiger partial charge < -0.3 is 9.13 Å². The standard InChI is InChI=1S/C20H18N4/c1-3-7-19(17(5-1)13-23-11-9-21-15-23)20-8-4-2-6-18(20)14-24-12-10-22-16-24/h1-12,15-16H,13-14H2. The highest BCUT2D eigenvalue weighted by atomic mass is 15.0. The molecule has 0 aliphatic carbocycles. The molecule has 0 aliphatic rings. The zero-order chi connectivity index (χ0) is 16.2. The van der Waals surface area contributed by atoms with Crippen molar-refractivity contribution in [2.75, 3.05) is 0 Å². The van der Waals surface area contributed by atoms with Gasteiger partial charge in [-0.2, -0.15) is 0 Å². The second-order valence-corrected chi connectivity index (χ2v) is 5.78. The highest BCUT2D eigenvalue weighted by Gasteiger charge is 2.09. The fourth-order valence-electron chi connectivity index (χ4n) is 3.00. The smallest absolute Gasteiger partial charge is 0.0949 e. The fraction of sp³-hybridized carbons (Fsp3) is 0.100. The molecule has 0 radical (unpaired) electrons. The molecule has 4 nitrogen and oxygen atoms in total. The largest absolute Gasteiger partial charge is 0.333 e. The van der Waals surface area contributed by atoms with Crippen LogP contribution < -0.4 is 0 Å². The van der Waals surface area contributed by atoms with Gasteiger partial charge in [-0.15, -0.1) is 0 Å². The highest BCUT2D eigenvalue weighted by molar-refractivity contribution is 5.70. The third kappa shape index (κ3) is 2.99. The summed E-state index contributed by atoms with van der Waals surface area (Å²) in [6, 6.07) is 17.1. The van der Waals surface area contributed by atoms with E-state index in [0.29, 0.717) is 0 Å². The first-order valence-corrected chi connectivity index (χ1v) is 7.98. The van der Waals surface area contributed by atoms with Crippen LogP contribution in [0.2, 0.25) is 0 Å². The molecule has 0 unspecified atom stereocenters. The molecule has 0 spiro atoms. The number of rotatable bonds is 5. The minimum Gasteiger partial charge on any atom is -0.333 e. The van der Waals surface area contributed by atoms with Crippen LogP contribution in [-0.2, 0) is 13.1 Å². The van der Waals surface area contributed by atoms with Gasteiger partial charge in [-0.05, 0) is 22.3 Å². The molecule has 24 heavy (non-hydrogen) atoms. The Morgan fingerprint density at radius 2 is 1.08 bits per heavy atom. The van der Waals surface area contributed by atoms with Crippen LogP contribution in [0.3, 0.4) is 0 Å². The van der Waals surface area contributed by atoms with Crippen molar-refractivity contribution in [3.05, 3.63) is 97.1 Å². The van der Waals surface area contributed by atoms with Gasteiger partial charge in [0.25, 0.3) is 0 Å². The monoisotopic (exact) mass is 314 g/mol. The molecule has 0 amide bonds. The summed E-state index contributed by atoms with van der Waals surface area (Å²) >= 11 is 0. The van der Waals surface area contributed by atoms with E-state index < -0.39 is 0 Å². The summed E-state index contributed by atoms with van der Waals surface area (Å²) in [6.07, 6.45) is 11.3. The Hall–Kier alpha value is -3.14. The lowest BCUT2D eigenvalue weighted by molar-refractivity contribution is 0.792. The molecule has 0 saturated carbocycles. The van der Waals surface area contributed by atoms with Gasteiger partial charge in [-0.1, -0.05) is 48.5 Å². The maximum Gasteiger partial charge on any atom is 0.0949 e. The average Bonchev–Trinajstić information content (AvgIpc) is 3.30. The quantitative estimate of drug-likeness (QED) is 0.561. The first-order valence-electron chi connectivity index (χ1n) is 7.98. The zero-order valence-corrected chi connectivity index (χ0v) is 13.3. The Bertz CT molecular complexity index is 831. The highest BCUT2D eigenvalue weighted by Crippen LogP contribution is 2.28. The van der Waals surface area contributed by atoms with Crippen molar-refractivity contribution in [1.82, 2.24) is 19.1 Å². The SMILES string of the molecule is c1ccc(-c2ccccc2Cn2ccnc2)c(Cn2ccnc2)c1. The number of benzene rings is 2. The minimum absolute atomic E-state index is 0.815. The van der Waals surface area contributed by atoms with Crippen molar-refractivity contribution in [1.29, 1.82) is 0 Å². The lowest BCUT2D eigenvalue weighted by Gasteiger charge is -2.15. The van der Waals surface area contributed by atoms with E-state index in [2.05, 4.69) is 67.6 Å². The first kappa shape index (κ1) is 14.5. The van der Waals surface area contributed by atoms with Gasteiger partial charge in [0, 0.05) is 37.9 Å². The topological polar surface area (TPSA) is 35.6 Å². The second kappa shape index (κ2) is 6.54. The summed E-state index contributed by atoms with van der Waals surface area (Å²) < 4.78 is 4.19. The molecule has 2 heterocycles. The van der Waals surface area contributed by atoms with Crippen LogP contribution >= 0.6 is 0 Å². The van der Waals surface area contributed by atoms with Crippen molar-refractivity contribution in [2.45, 2.75) is 13.1 Å². The van der Waals surface area contributed by atoms with Crippen molar-refractivity contribution in [2.24, 2.45) is 0 Å². The molecule has 118 valence electrons. The van der Waals surface area contributed by atoms with Crippen LogP contribution in [0.15, 0.2) is 86.0 Å². The number of aromatic nitrogens is 4. The van der Waals surface area contributed by atoms with Gasteiger partial charge in [-0.25, -0.2) is 9.97 Å². The lowest BCUT2D eigenvalue weighted by atomic mass is 9.95. The summed E-state index contributed by atoms with van der Waals surface area (Å²) in [4.78, 5) is 8.28. The van der Waals surface area contributed by atoms with Gasteiger partial charge in [0.2, 0.25) is 0 Å². The molecule has 0 atom stereocenters. The van der Waals surface area contributed by atoms with Gasteiger partial charge in [-0.3, -0.25) is 0 Å². The van der Waals surface area contributed by atoms with Crippen molar-refractivity contribution >= 4 is 0 Å². The maximum absolute atomic E-state index is 4.14. The third-order valence-corrected chi connectivity index (χ3v) is 4.15. The molecular formula is C20H18N4. The normalized spacial score (nSPS) is 10.8. The fourth-order valence-corrected chi connectivity index (χ4v) is 3.00. The molecule has 0 fully saturated rings. The predicted octanol–water partition coefficient (Wildman–Crippen LogP) is 3.84. The van der Waals surface area contributed by atoms with E-state index >= 15 is 0 Å². The van der Waals surface area contributed by atoms with Gasteiger partial charge in [0.05, 0.1) is 12.7 Å². The van der Waals surface area contributed by atoms with Crippen LogP contribution in [0.25, 0.3) is 11.1 Å². The number of hydrogen-bond acceptors (Lipinski definition) is 2. The maximum atomic E-state index is 4.14. The summed E-state index contributed by atoms with van der Waals surface area (Å²) in [5, 5.41) is 0. The van der Waals surface area contributed by atoms with Crippen LogP contribution in [0.5, 0.6) is 0 Å². The molecule has 2 aromatic heterocycles. The number of hydrogen-bond donors (Lipinski definition) is 0. The van der Waals surface area contributed by atoms with Crippen molar-refractivity contribution in [3.63, 3.8) is 0 Å². The Morgan fingerprint density at radius 1 is 0.625 bits per heavy atom. The summed E-state index contributed by atoms with van der Waals surface area (Å²) in [6.45, 7) is 1.63. The molecule has 0 aliphatic heterocycles. The number of nitrogens with zero attached hydrogens (tertiary/aromatic N) is 4. The van der Waals surface area contributed by atoms with Crippen LogP contribution in [0.4, 0.5) is 0 Å². The second-order valence-electron chi connectivity index (χ2n) is 5.78. The van der Waals surface area contributed by atoms with Gasteiger partial charge in [0.15, 0.2) is 0 Å². The van der Waals surface area contributed by atoms with E-state index in [0.717, 1.165) is 13.1 Å². The van der Waals surface area contributed by atoms with Crippen LogP contribution in [0.1, 0.15) is 11.1 Å². The molecule has 2 aromatic carbocycles. The Balaban J connectivity index is 1.74. The Morgan fingerprint density at radius 3 is 1.50 bits per heavy atom. The van der Waals surface area contributed by atoms with Crippen molar-refractivity contribution < 1.29 is 0 Å². The molecule has 4 aromatic rings. The molecule has 4 heteroatoms. The predicted molar refractivity (Wildman–Crippen MR) is 94.5 cm³/mol. The lowest BCUT2D eigenvalue weighted by Crippen LogP contribution is -2.02. The van der Waals surface area contributed by atoms with E-state index in [4.69, 9.17) is 0 Å². The first-order chi connectivity index (χ1) is 11.9. The summed E-state index contributed by atoms with van der Waals surface area (Å²) in [5.41, 5.74) is 5.10. The molecule has 0 bridgehead atoms. The molecular weight excluding hydrogens is 296 g/mol. The van der Waals surface area contributed by atoms with E-state index in [9.17, 15) is 0 Å². The van der Waals surface area contributed by atoms with E-state index in [-0.39, 0.29) is 0 Å². The van der Waals surface area contributed by atoms with Crippen molar-refractivity contribution in [3.8, 4) is 11.1 Å². The Labute approximate surface area is 141 Å². The minimum atomic E-state index is 0.815. The van der Waals surface area contributed by atoms with Gasteiger partial charge >= 0.3 is 0 Å². The Kier molecular flexibility index (Phi) is 3.94. The molecule has 0 N–H and O–H groups in total. The third-order valence-electron chi connectivity index (χ3n) is 4.15. The van der Waals surface area contributed by atoms with E-state index in [1.807, 2.05) is 37.4 Å². The van der Waals surface area contributed by atoms with Crippen LogP contribution in [0, 0.1) is 0 Å². The average molecular weight is 314 g/mol. The summed E-state index contributed by atoms with van der Waals surface area (Å²) in [5.74, 6) is 0. The van der Waals surface area contributed by atoms with E-state index in [1.54, 1.807) is 0 Å². The van der Waals surface area contributed by atoms with E-state index in [1.165, 1.54) is 22.3 Å². The summed E-state index contributed by atoms with van der Waals surface area (Å²) in [7, 11) is 0. The molecule has 4 rings (SSSR count). The number of imidazole rings is 2. The van der Waals surface area contributed by atoms with Crippen LogP contribution in [-0.4, -0.2) is 19.1 Å². The molecule has 0 saturated heterocycles. The van der Waals surface area contributed by atoms with Gasteiger partial charge in [0.1, 0.15) is 0 Å². The zero-order valence-electron chi connectivity index (χ0n) is 13.3.